The van der Waals surface area contributed by atoms with Crippen LogP contribution >= 0.6 is 0 Å². The standard InChI is InChI=1S/C25H26F2N2O6/c26-22(27)20(13-21(30)29-25(23(31)32)9-11-34-12-10-25)28-24(33)35-14-19-17-7-3-1-5-15(17)16-6-2-4-8-18(16)19/h1-8,19-20,22H,9-14H2,(H,28,33)(H,29,30)(H,31,32). The number of alkyl halides is 2. The Hall–Kier alpha value is -3.53. The number of hydrogen-bond acceptors (Lipinski definition) is 5. The van der Waals surface area contributed by atoms with E-state index in [-0.39, 0.29) is 38.6 Å². The number of carboxylic acid groups (broad SMARTS) is 1. The second-order valence-electron chi connectivity index (χ2n) is 8.66. The van der Waals surface area contributed by atoms with Crippen LogP contribution in [0.15, 0.2) is 48.5 Å². The van der Waals surface area contributed by atoms with E-state index in [9.17, 15) is 28.3 Å². The topological polar surface area (TPSA) is 114 Å². The smallest absolute Gasteiger partial charge is 0.407 e. The predicted molar refractivity (Wildman–Crippen MR) is 121 cm³/mol. The van der Waals surface area contributed by atoms with Gasteiger partial charge in [0.15, 0.2) is 0 Å². The molecule has 0 radical (unpaired) electrons. The molecule has 1 unspecified atom stereocenters. The fourth-order valence-electron chi connectivity index (χ4n) is 4.62. The van der Waals surface area contributed by atoms with Crippen LogP contribution < -0.4 is 10.6 Å². The molecule has 1 atom stereocenters. The van der Waals surface area contributed by atoms with Crippen molar-refractivity contribution < 1.29 is 37.7 Å². The highest BCUT2D eigenvalue weighted by Crippen LogP contribution is 2.44. The number of alkyl carbamates (subject to hydrolysis) is 1. The molecule has 1 saturated heterocycles. The number of carbonyl (C=O) groups excluding carboxylic acids is 2. The van der Waals surface area contributed by atoms with Gasteiger partial charge in [-0.05, 0) is 22.3 Å². The van der Waals surface area contributed by atoms with Crippen LogP contribution in [0.5, 0.6) is 0 Å². The number of aliphatic carboxylic acids is 1. The summed E-state index contributed by atoms with van der Waals surface area (Å²) in [5.74, 6) is -2.41. The van der Waals surface area contributed by atoms with E-state index in [0.29, 0.717) is 0 Å². The SMILES string of the molecule is O=C(CC(NC(=O)OCC1c2ccccc2-c2ccccc21)C(F)F)NC1(C(=O)O)CCOCC1. The fourth-order valence-corrected chi connectivity index (χ4v) is 4.62. The molecule has 1 aliphatic carbocycles. The Kier molecular flexibility index (Phi) is 7.30. The highest BCUT2D eigenvalue weighted by molar-refractivity contribution is 5.87. The highest BCUT2D eigenvalue weighted by atomic mass is 19.3. The minimum absolute atomic E-state index is 0.0211. The van der Waals surface area contributed by atoms with Crippen molar-refractivity contribution in [1.82, 2.24) is 10.6 Å². The van der Waals surface area contributed by atoms with Crippen molar-refractivity contribution in [3.63, 3.8) is 0 Å². The van der Waals surface area contributed by atoms with Gasteiger partial charge in [-0.3, -0.25) is 4.79 Å². The maximum Gasteiger partial charge on any atom is 0.407 e. The van der Waals surface area contributed by atoms with Crippen LogP contribution in [0.1, 0.15) is 36.3 Å². The van der Waals surface area contributed by atoms with E-state index in [4.69, 9.17) is 9.47 Å². The van der Waals surface area contributed by atoms with Crippen LogP contribution in [-0.4, -0.2) is 60.9 Å². The van der Waals surface area contributed by atoms with Crippen LogP contribution in [0.2, 0.25) is 0 Å². The molecule has 2 amide bonds. The number of ether oxygens (including phenoxy) is 2. The van der Waals surface area contributed by atoms with Gasteiger partial charge in [0.05, 0.1) is 6.42 Å². The number of nitrogens with one attached hydrogen (secondary N) is 2. The predicted octanol–water partition coefficient (Wildman–Crippen LogP) is 3.30. The molecule has 1 heterocycles. The fraction of sp³-hybridized carbons (Fsp3) is 0.400. The lowest BCUT2D eigenvalue weighted by Crippen LogP contribution is -2.58. The molecule has 0 spiro atoms. The highest BCUT2D eigenvalue weighted by Gasteiger charge is 2.42. The molecular formula is C25H26F2N2O6. The van der Waals surface area contributed by atoms with Crippen molar-refractivity contribution in [3.8, 4) is 11.1 Å². The largest absolute Gasteiger partial charge is 0.480 e. The molecule has 10 heteroatoms. The van der Waals surface area contributed by atoms with Crippen molar-refractivity contribution in [1.29, 1.82) is 0 Å². The molecule has 0 saturated carbocycles. The van der Waals surface area contributed by atoms with Gasteiger partial charge in [-0.1, -0.05) is 48.5 Å². The molecule has 1 aliphatic heterocycles. The van der Waals surface area contributed by atoms with E-state index in [1.54, 1.807) is 0 Å². The number of hydrogen-bond donors (Lipinski definition) is 3. The van der Waals surface area contributed by atoms with E-state index < -0.39 is 42.4 Å². The quantitative estimate of drug-likeness (QED) is 0.526. The summed E-state index contributed by atoms with van der Waals surface area (Å²) in [6.45, 7) is 0.190. The molecule has 2 aromatic carbocycles. The lowest BCUT2D eigenvalue weighted by atomic mass is 9.90. The second kappa shape index (κ2) is 10.4. The first-order chi connectivity index (χ1) is 16.8. The Bertz CT molecular complexity index is 1060. The van der Waals surface area contributed by atoms with Gasteiger partial charge in [0, 0.05) is 32.0 Å². The van der Waals surface area contributed by atoms with E-state index >= 15 is 0 Å². The first-order valence-electron chi connectivity index (χ1n) is 11.3. The summed E-state index contributed by atoms with van der Waals surface area (Å²) in [6, 6.07) is 13.6. The molecule has 3 N–H and O–H groups in total. The van der Waals surface area contributed by atoms with Gasteiger partial charge in [0.2, 0.25) is 5.91 Å². The van der Waals surface area contributed by atoms with Gasteiger partial charge in [-0.25, -0.2) is 18.4 Å². The molecule has 0 aromatic heterocycles. The number of benzene rings is 2. The van der Waals surface area contributed by atoms with Crippen LogP contribution in [0.25, 0.3) is 11.1 Å². The van der Waals surface area contributed by atoms with E-state index in [1.807, 2.05) is 48.5 Å². The maximum atomic E-state index is 13.6. The zero-order valence-electron chi connectivity index (χ0n) is 18.8. The minimum Gasteiger partial charge on any atom is -0.480 e. The Morgan fingerprint density at radius 3 is 2.14 bits per heavy atom. The number of carbonyl (C=O) groups is 3. The first-order valence-corrected chi connectivity index (χ1v) is 11.3. The number of fused-ring (bicyclic) bond motifs is 3. The van der Waals surface area contributed by atoms with Gasteiger partial charge in [0.25, 0.3) is 6.43 Å². The first kappa shape index (κ1) is 24.6. The summed E-state index contributed by atoms with van der Waals surface area (Å²) in [5, 5.41) is 13.9. The van der Waals surface area contributed by atoms with Crippen LogP contribution in [0.3, 0.4) is 0 Å². The molecule has 186 valence electrons. The normalized spacial score (nSPS) is 17.2. The van der Waals surface area contributed by atoms with Crippen LogP contribution in [0.4, 0.5) is 13.6 Å². The molecule has 1 fully saturated rings. The van der Waals surface area contributed by atoms with Crippen molar-refractivity contribution in [2.75, 3.05) is 19.8 Å². The summed E-state index contributed by atoms with van der Waals surface area (Å²) < 4.78 is 37.6. The zero-order chi connectivity index (χ0) is 25.0. The van der Waals surface area contributed by atoms with Crippen LogP contribution in [0, 0.1) is 0 Å². The number of amides is 2. The van der Waals surface area contributed by atoms with Crippen LogP contribution in [-0.2, 0) is 19.1 Å². The molecule has 4 rings (SSSR count). The summed E-state index contributed by atoms with van der Waals surface area (Å²) in [7, 11) is 0. The van der Waals surface area contributed by atoms with Gasteiger partial charge >= 0.3 is 12.1 Å². The second-order valence-corrected chi connectivity index (χ2v) is 8.66. The van der Waals surface area contributed by atoms with Crippen molar-refractivity contribution >= 4 is 18.0 Å². The Morgan fingerprint density at radius 2 is 1.60 bits per heavy atom. The summed E-state index contributed by atoms with van der Waals surface area (Å²) in [6.07, 6.45) is -4.89. The van der Waals surface area contributed by atoms with Crippen molar-refractivity contribution in [3.05, 3.63) is 59.7 Å². The number of carboxylic acids is 1. The van der Waals surface area contributed by atoms with E-state index in [1.165, 1.54) is 0 Å². The third kappa shape index (κ3) is 5.27. The third-order valence-corrected chi connectivity index (χ3v) is 6.49. The monoisotopic (exact) mass is 488 g/mol. The lowest BCUT2D eigenvalue weighted by molar-refractivity contribution is -0.152. The van der Waals surface area contributed by atoms with E-state index in [2.05, 4.69) is 10.6 Å². The average Bonchev–Trinajstić information content (AvgIpc) is 3.16. The van der Waals surface area contributed by atoms with Gasteiger partial charge in [-0.15, -0.1) is 0 Å². The average molecular weight is 488 g/mol. The summed E-state index contributed by atoms with van der Waals surface area (Å²) in [4.78, 5) is 36.5. The van der Waals surface area contributed by atoms with Crippen molar-refractivity contribution in [2.24, 2.45) is 0 Å². The third-order valence-electron chi connectivity index (χ3n) is 6.49. The zero-order valence-corrected chi connectivity index (χ0v) is 18.8. The van der Waals surface area contributed by atoms with Gasteiger partial charge in [-0.2, -0.15) is 0 Å². The van der Waals surface area contributed by atoms with Gasteiger partial charge in [0.1, 0.15) is 18.2 Å². The Labute approximate surface area is 200 Å². The molecule has 2 aromatic rings. The van der Waals surface area contributed by atoms with Gasteiger partial charge < -0.3 is 25.2 Å². The summed E-state index contributed by atoms with van der Waals surface area (Å²) in [5.41, 5.74) is 2.43. The number of rotatable bonds is 8. The Balaban J connectivity index is 1.37. The number of halogens is 2. The lowest BCUT2D eigenvalue weighted by Gasteiger charge is -2.34. The molecule has 35 heavy (non-hydrogen) atoms. The molecule has 8 nitrogen and oxygen atoms in total. The Morgan fingerprint density at radius 1 is 1.03 bits per heavy atom. The summed E-state index contributed by atoms with van der Waals surface area (Å²) >= 11 is 0. The maximum absolute atomic E-state index is 13.6. The molecule has 0 bridgehead atoms. The van der Waals surface area contributed by atoms with E-state index in [0.717, 1.165) is 22.3 Å². The van der Waals surface area contributed by atoms with Crippen molar-refractivity contribution in [2.45, 2.75) is 43.2 Å². The minimum atomic E-state index is -3.06. The molecule has 2 aliphatic rings. The molecular weight excluding hydrogens is 462 g/mol.